The van der Waals surface area contributed by atoms with Crippen LogP contribution in [0.15, 0.2) is 54.8 Å². The van der Waals surface area contributed by atoms with Crippen LogP contribution in [0.5, 0.6) is 0 Å². The highest BCUT2D eigenvalue weighted by Crippen LogP contribution is 2.34. The van der Waals surface area contributed by atoms with Gasteiger partial charge >= 0.3 is 12.1 Å². The predicted molar refractivity (Wildman–Crippen MR) is 97.1 cm³/mol. The van der Waals surface area contributed by atoms with Crippen LogP contribution < -0.4 is 5.32 Å². The van der Waals surface area contributed by atoms with Gasteiger partial charge in [0.25, 0.3) is 0 Å². The van der Waals surface area contributed by atoms with Crippen molar-refractivity contribution >= 4 is 17.6 Å². The minimum atomic E-state index is -4.82. The maximum atomic E-state index is 13.5. The van der Waals surface area contributed by atoms with Gasteiger partial charge < -0.3 is 10.1 Å². The van der Waals surface area contributed by atoms with Gasteiger partial charge in [-0.15, -0.1) is 0 Å². The van der Waals surface area contributed by atoms with Crippen LogP contribution in [-0.2, 0) is 15.7 Å². The summed E-state index contributed by atoms with van der Waals surface area (Å²) in [6.07, 6.45) is 2.31. The summed E-state index contributed by atoms with van der Waals surface area (Å²) in [5.74, 6) is -1.48. The number of anilines is 1. The van der Waals surface area contributed by atoms with E-state index >= 15 is 0 Å². The molecule has 1 N–H and O–H groups in total. The average Bonchev–Trinajstić information content (AvgIpc) is 3.08. The van der Waals surface area contributed by atoms with Gasteiger partial charge in [-0.25, -0.2) is 9.48 Å². The zero-order valence-corrected chi connectivity index (χ0v) is 15.2. The molecular weight excluding hydrogens is 375 g/mol. The Morgan fingerprint density at radius 2 is 1.89 bits per heavy atom. The van der Waals surface area contributed by atoms with Gasteiger partial charge in [0.05, 0.1) is 18.5 Å². The number of alkyl halides is 3. The molecule has 9 heteroatoms. The first kappa shape index (κ1) is 20.9. The van der Waals surface area contributed by atoms with E-state index in [2.05, 4.69) is 15.2 Å². The van der Waals surface area contributed by atoms with Crippen LogP contribution in [-0.4, -0.2) is 28.3 Å². The molecule has 0 aliphatic rings. The lowest BCUT2D eigenvalue weighted by atomic mass is 10.2. The number of allylic oxidation sites excluding steroid dienone is 3. The normalized spacial score (nSPS) is 11.9. The van der Waals surface area contributed by atoms with Gasteiger partial charge in [-0.05, 0) is 38.1 Å². The van der Waals surface area contributed by atoms with Gasteiger partial charge in [0.15, 0.2) is 5.69 Å². The van der Waals surface area contributed by atoms with Crippen LogP contribution in [0.4, 0.5) is 18.9 Å². The molecule has 0 bridgehead atoms. The standard InChI is InChI=1S/C19H18F3N3O3/c1-3-5-6-7-16(26)24-13-8-10-14(11-9-13)25-17(19(20,21)22)15(12-23-25)18(27)28-4-2/h3,5-12H,4H2,1-2H3,(H,24,26)/b5-3+,7-6+. The molecule has 0 saturated carbocycles. The molecule has 1 aromatic heterocycles. The van der Waals surface area contributed by atoms with Crippen LogP contribution in [0.3, 0.4) is 0 Å². The third kappa shape index (κ3) is 5.09. The third-order valence-electron chi connectivity index (χ3n) is 3.46. The summed E-state index contributed by atoms with van der Waals surface area (Å²) >= 11 is 0. The first-order chi connectivity index (χ1) is 13.3. The maximum Gasteiger partial charge on any atom is 0.434 e. The number of ether oxygens (including phenoxy) is 1. The van der Waals surface area contributed by atoms with Crippen molar-refractivity contribution < 1.29 is 27.5 Å². The molecular formula is C19H18F3N3O3. The highest BCUT2D eigenvalue weighted by atomic mass is 19.4. The Hall–Kier alpha value is -3.36. The molecule has 1 amide bonds. The molecule has 0 unspecified atom stereocenters. The van der Waals surface area contributed by atoms with Crippen molar-refractivity contribution in [3.63, 3.8) is 0 Å². The second-order valence-corrected chi connectivity index (χ2v) is 5.46. The van der Waals surface area contributed by atoms with E-state index in [1.807, 2.05) is 0 Å². The zero-order chi connectivity index (χ0) is 20.7. The summed E-state index contributed by atoms with van der Waals surface area (Å²) in [6.45, 7) is 3.24. The molecule has 2 aromatic rings. The number of carbonyl (C=O) groups excluding carboxylic acids is 2. The molecule has 28 heavy (non-hydrogen) atoms. The Labute approximate surface area is 159 Å². The van der Waals surface area contributed by atoms with Crippen molar-refractivity contribution in [2.45, 2.75) is 20.0 Å². The molecule has 0 aliphatic heterocycles. The van der Waals surface area contributed by atoms with Crippen LogP contribution in [0, 0.1) is 0 Å². The molecule has 148 valence electrons. The second-order valence-electron chi connectivity index (χ2n) is 5.46. The molecule has 0 spiro atoms. The van der Waals surface area contributed by atoms with Crippen molar-refractivity contribution in [1.82, 2.24) is 9.78 Å². The smallest absolute Gasteiger partial charge is 0.434 e. The number of hydrogen-bond acceptors (Lipinski definition) is 4. The molecule has 1 heterocycles. The molecule has 0 aliphatic carbocycles. The van der Waals surface area contributed by atoms with E-state index in [4.69, 9.17) is 0 Å². The van der Waals surface area contributed by atoms with Gasteiger partial charge in [-0.2, -0.15) is 18.3 Å². The number of rotatable bonds is 6. The van der Waals surface area contributed by atoms with E-state index in [1.165, 1.54) is 37.3 Å². The number of benzene rings is 1. The molecule has 2 rings (SSSR count). The fraction of sp³-hybridized carbons (Fsp3) is 0.211. The average molecular weight is 393 g/mol. The monoisotopic (exact) mass is 393 g/mol. The van der Waals surface area contributed by atoms with Gasteiger partial charge in [-0.3, -0.25) is 4.79 Å². The second kappa shape index (κ2) is 9.03. The van der Waals surface area contributed by atoms with Crippen LogP contribution in [0.2, 0.25) is 0 Å². The topological polar surface area (TPSA) is 73.2 Å². The Morgan fingerprint density at radius 1 is 1.21 bits per heavy atom. The van der Waals surface area contributed by atoms with Gasteiger partial charge in [0, 0.05) is 11.8 Å². The summed E-state index contributed by atoms with van der Waals surface area (Å²) in [4.78, 5) is 23.5. The zero-order valence-electron chi connectivity index (χ0n) is 15.2. The van der Waals surface area contributed by atoms with Crippen LogP contribution in [0.1, 0.15) is 29.9 Å². The minimum absolute atomic E-state index is 0.0573. The molecule has 1 aromatic carbocycles. The SMILES string of the molecule is C/C=C/C=C/C(=O)Nc1ccc(-n2ncc(C(=O)OCC)c2C(F)(F)F)cc1. The third-order valence-corrected chi connectivity index (χ3v) is 3.46. The quantitative estimate of drug-likeness (QED) is 0.455. The molecule has 6 nitrogen and oxygen atoms in total. The summed E-state index contributed by atoms with van der Waals surface area (Å²) < 4.78 is 45.7. The lowest BCUT2D eigenvalue weighted by Gasteiger charge is -2.13. The molecule has 0 saturated heterocycles. The van der Waals surface area contributed by atoms with Crippen molar-refractivity contribution in [1.29, 1.82) is 0 Å². The molecule has 0 radical (unpaired) electrons. The highest BCUT2D eigenvalue weighted by Gasteiger charge is 2.41. The fourth-order valence-corrected chi connectivity index (χ4v) is 2.30. The van der Waals surface area contributed by atoms with Crippen LogP contribution in [0.25, 0.3) is 5.69 Å². The number of aromatic nitrogens is 2. The van der Waals surface area contributed by atoms with E-state index in [1.54, 1.807) is 25.2 Å². The Balaban J connectivity index is 2.31. The van der Waals surface area contributed by atoms with E-state index in [-0.39, 0.29) is 18.2 Å². The first-order valence-corrected chi connectivity index (χ1v) is 8.31. The lowest BCUT2D eigenvalue weighted by molar-refractivity contribution is -0.143. The highest BCUT2D eigenvalue weighted by molar-refractivity contribution is 5.99. The summed E-state index contributed by atoms with van der Waals surface area (Å²) in [7, 11) is 0. The molecule has 0 atom stereocenters. The number of nitrogens with one attached hydrogen (secondary N) is 1. The number of hydrogen-bond donors (Lipinski definition) is 1. The van der Waals surface area contributed by atoms with Crippen molar-refractivity contribution in [2.75, 3.05) is 11.9 Å². The predicted octanol–water partition coefficient (Wildman–Crippen LogP) is 4.14. The lowest BCUT2D eigenvalue weighted by Crippen LogP contribution is -2.18. The number of amides is 1. The summed E-state index contributed by atoms with van der Waals surface area (Å²) in [6, 6.07) is 5.57. The van der Waals surface area contributed by atoms with Crippen molar-refractivity contribution in [3.8, 4) is 5.69 Å². The van der Waals surface area contributed by atoms with Gasteiger partial charge in [0.1, 0.15) is 5.56 Å². The summed E-state index contributed by atoms with van der Waals surface area (Å²) in [5.41, 5.74) is -1.42. The van der Waals surface area contributed by atoms with E-state index < -0.39 is 23.4 Å². The molecule has 0 fully saturated rings. The maximum absolute atomic E-state index is 13.5. The fourth-order valence-electron chi connectivity index (χ4n) is 2.30. The Morgan fingerprint density at radius 3 is 2.46 bits per heavy atom. The van der Waals surface area contributed by atoms with E-state index in [0.717, 1.165) is 6.20 Å². The van der Waals surface area contributed by atoms with E-state index in [9.17, 15) is 22.8 Å². The van der Waals surface area contributed by atoms with Gasteiger partial charge in [0.2, 0.25) is 5.91 Å². The van der Waals surface area contributed by atoms with Crippen LogP contribution >= 0.6 is 0 Å². The first-order valence-electron chi connectivity index (χ1n) is 8.31. The van der Waals surface area contributed by atoms with Crippen molar-refractivity contribution in [2.24, 2.45) is 0 Å². The van der Waals surface area contributed by atoms with Crippen molar-refractivity contribution in [3.05, 3.63) is 66.0 Å². The summed E-state index contributed by atoms with van der Waals surface area (Å²) in [5, 5.41) is 6.27. The minimum Gasteiger partial charge on any atom is -0.462 e. The van der Waals surface area contributed by atoms with E-state index in [0.29, 0.717) is 10.4 Å². The van der Waals surface area contributed by atoms with Gasteiger partial charge in [-0.1, -0.05) is 18.2 Å². The Kier molecular flexibility index (Phi) is 6.75. The largest absolute Gasteiger partial charge is 0.462 e. The number of halogens is 3. The number of nitrogens with zero attached hydrogens (tertiary/aromatic N) is 2. The number of carbonyl (C=O) groups is 2. The Bertz CT molecular complexity index is 897. The number of esters is 1.